The second-order valence-electron chi connectivity index (χ2n) is 3.81. The van der Waals surface area contributed by atoms with Crippen LogP contribution in [-0.4, -0.2) is 28.3 Å². The molecule has 0 aliphatic carbocycles. The van der Waals surface area contributed by atoms with Gasteiger partial charge in [-0.25, -0.2) is 9.97 Å². The molecule has 0 saturated heterocycles. The van der Waals surface area contributed by atoms with Crippen molar-refractivity contribution in [2.45, 2.75) is 11.7 Å². The summed E-state index contributed by atoms with van der Waals surface area (Å²) in [5.41, 5.74) is 6.75. The molecule has 2 aromatic rings. The fourth-order valence-corrected chi connectivity index (χ4v) is 1.91. The van der Waals surface area contributed by atoms with Crippen molar-refractivity contribution in [2.75, 3.05) is 23.9 Å². The van der Waals surface area contributed by atoms with E-state index in [4.69, 9.17) is 5.73 Å². The molecule has 94 valence electrons. The van der Waals surface area contributed by atoms with E-state index in [1.54, 1.807) is 12.3 Å². The van der Waals surface area contributed by atoms with Crippen LogP contribution >= 0.6 is 11.8 Å². The van der Waals surface area contributed by atoms with Gasteiger partial charge in [0.2, 0.25) is 0 Å². The average Bonchev–Trinajstić information content (AvgIpc) is 2.39. The molecule has 0 aromatic carbocycles. The predicted octanol–water partition coefficient (Wildman–Crippen LogP) is 1.81. The van der Waals surface area contributed by atoms with Gasteiger partial charge < -0.3 is 10.6 Å². The van der Waals surface area contributed by atoms with Gasteiger partial charge in [0, 0.05) is 19.3 Å². The van der Waals surface area contributed by atoms with Crippen molar-refractivity contribution in [3.63, 3.8) is 0 Å². The summed E-state index contributed by atoms with van der Waals surface area (Å²) in [4.78, 5) is 14.8. The lowest BCUT2D eigenvalue weighted by molar-refractivity contribution is 0.839. The van der Waals surface area contributed by atoms with Gasteiger partial charge in [-0.2, -0.15) is 0 Å². The Labute approximate surface area is 110 Å². The van der Waals surface area contributed by atoms with E-state index in [0.29, 0.717) is 17.5 Å². The van der Waals surface area contributed by atoms with E-state index in [9.17, 15) is 0 Å². The molecule has 0 spiro atoms. The molecule has 2 N–H and O–H groups in total. The minimum atomic E-state index is 0.484. The first-order chi connectivity index (χ1) is 8.69. The fraction of sp³-hybridized carbons (Fsp3) is 0.250. The summed E-state index contributed by atoms with van der Waals surface area (Å²) in [5, 5.41) is 0.679. The van der Waals surface area contributed by atoms with E-state index in [2.05, 4.69) is 15.0 Å². The zero-order valence-corrected chi connectivity index (χ0v) is 11.2. The molecule has 0 radical (unpaired) electrons. The third-order valence-electron chi connectivity index (χ3n) is 2.41. The Hall–Kier alpha value is -1.82. The van der Waals surface area contributed by atoms with Crippen LogP contribution in [0.15, 0.2) is 35.6 Å². The largest absolute Gasteiger partial charge is 0.383 e. The van der Waals surface area contributed by atoms with Crippen LogP contribution in [0.25, 0.3) is 0 Å². The Balaban J connectivity index is 2.18. The van der Waals surface area contributed by atoms with Crippen LogP contribution in [0, 0.1) is 0 Å². The number of nitrogen functional groups attached to an aromatic ring is 1. The summed E-state index contributed by atoms with van der Waals surface area (Å²) < 4.78 is 0. The number of nitrogens with two attached hydrogens (primary N) is 1. The minimum Gasteiger partial charge on any atom is -0.383 e. The highest BCUT2D eigenvalue weighted by Crippen LogP contribution is 2.18. The molecule has 6 heteroatoms. The summed E-state index contributed by atoms with van der Waals surface area (Å²) in [5.74, 6) is 1.29. The zero-order valence-electron chi connectivity index (χ0n) is 10.4. The van der Waals surface area contributed by atoms with E-state index < -0.39 is 0 Å². The first-order valence-electron chi connectivity index (χ1n) is 5.48. The Bertz CT molecular complexity index is 517. The number of hydrogen-bond donors (Lipinski definition) is 1. The molecule has 0 bridgehead atoms. The maximum Gasteiger partial charge on any atom is 0.191 e. The molecule has 0 unspecified atom stereocenters. The van der Waals surface area contributed by atoms with Crippen molar-refractivity contribution >= 4 is 23.4 Å². The van der Waals surface area contributed by atoms with Crippen LogP contribution in [-0.2, 0) is 6.54 Å². The highest BCUT2D eigenvalue weighted by atomic mass is 32.2. The third-order valence-corrected chi connectivity index (χ3v) is 2.96. The normalized spacial score (nSPS) is 10.3. The lowest BCUT2D eigenvalue weighted by Crippen LogP contribution is -2.19. The quantitative estimate of drug-likeness (QED) is 0.669. The number of aromatic nitrogens is 3. The monoisotopic (exact) mass is 261 g/mol. The lowest BCUT2D eigenvalue weighted by Gasteiger charge is -2.18. The van der Waals surface area contributed by atoms with Gasteiger partial charge in [0.05, 0.1) is 12.2 Å². The maximum atomic E-state index is 5.76. The number of rotatable bonds is 4. The van der Waals surface area contributed by atoms with Crippen molar-refractivity contribution in [3.8, 4) is 0 Å². The molecule has 0 aliphatic heterocycles. The Morgan fingerprint density at radius 1 is 1.33 bits per heavy atom. The molecular weight excluding hydrogens is 246 g/mol. The number of hydrogen-bond acceptors (Lipinski definition) is 6. The maximum absolute atomic E-state index is 5.76. The van der Waals surface area contributed by atoms with Gasteiger partial charge in [-0.3, -0.25) is 4.98 Å². The van der Waals surface area contributed by atoms with Gasteiger partial charge in [0.15, 0.2) is 5.16 Å². The van der Waals surface area contributed by atoms with Crippen molar-refractivity contribution in [1.29, 1.82) is 0 Å². The zero-order chi connectivity index (χ0) is 13.0. The summed E-state index contributed by atoms with van der Waals surface area (Å²) in [7, 11) is 1.96. The van der Waals surface area contributed by atoms with Crippen LogP contribution in [0.1, 0.15) is 5.69 Å². The van der Waals surface area contributed by atoms with Crippen molar-refractivity contribution in [1.82, 2.24) is 15.0 Å². The summed E-state index contributed by atoms with van der Waals surface area (Å²) in [6.45, 7) is 0.686. The molecule has 0 amide bonds. The smallest absolute Gasteiger partial charge is 0.191 e. The first kappa shape index (κ1) is 12.6. The Kier molecular flexibility index (Phi) is 3.99. The number of thioether (sulfide) groups is 1. The van der Waals surface area contributed by atoms with Gasteiger partial charge in [0.25, 0.3) is 0 Å². The highest BCUT2D eigenvalue weighted by molar-refractivity contribution is 7.98. The van der Waals surface area contributed by atoms with Crippen molar-refractivity contribution in [3.05, 3.63) is 36.2 Å². The van der Waals surface area contributed by atoms with Crippen LogP contribution in [0.4, 0.5) is 11.6 Å². The summed E-state index contributed by atoms with van der Waals surface area (Å²) in [6, 6.07) is 7.62. The predicted molar refractivity (Wildman–Crippen MR) is 74.6 cm³/mol. The van der Waals surface area contributed by atoms with Crippen LogP contribution in [0.3, 0.4) is 0 Å². The van der Waals surface area contributed by atoms with Crippen molar-refractivity contribution in [2.24, 2.45) is 0 Å². The van der Waals surface area contributed by atoms with Gasteiger partial charge >= 0.3 is 0 Å². The SMILES string of the molecule is CSc1nc(N)cc(N(C)Cc2ccccn2)n1. The van der Waals surface area contributed by atoms with Crippen LogP contribution in [0.5, 0.6) is 0 Å². The van der Waals surface area contributed by atoms with E-state index >= 15 is 0 Å². The molecule has 2 rings (SSSR count). The van der Waals surface area contributed by atoms with Crippen LogP contribution in [0.2, 0.25) is 0 Å². The van der Waals surface area contributed by atoms with Crippen LogP contribution < -0.4 is 10.6 Å². The average molecular weight is 261 g/mol. The summed E-state index contributed by atoms with van der Waals surface area (Å²) in [6.07, 6.45) is 3.71. The van der Waals surface area contributed by atoms with E-state index in [0.717, 1.165) is 11.5 Å². The first-order valence-corrected chi connectivity index (χ1v) is 6.71. The van der Waals surface area contributed by atoms with Gasteiger partial charge in [0.1, 0.15) is 11.6 Å². The third kappa shape index (κ3) is 3.10. The molecule has 0 fully saturated rings. The molecule has 2 aromatic heterocycles. The Morgan fingerprint density at radius 3 is 2.83 bits per heavy atom. The molecule has 0 aliphatic rings. The van der Waals surface area contributed by atoms with Gasteiger partial charge in [-0.1, -0.05) is 17.8 Å². The number of anilines is 2. The molecule has 18 heavy (non-hydrogen) atoms. The second kappa shape index (κ2) is 5.68. The number of nitrogens with zero attached hydrogens (tertiary/aromatic N) is 4. The topological polar surface area (TPSA) is 67.9 Å². The minimum absolute atomic E-state index is 0.484. The summed E-state index contributed by atoms with van der Waals surface area (Å²) >= 11 is 1.48. The molecular formula is C12H15N5S. The Morgan fingerprint density at radius 2 is 2.17 bits per heavy atom. The highest BCUT2D eigenvalue weighted by Gasteiger charge is 2.07. The second-order valence-corrected chi connectivity index (χ2v) is 4.59. The lowest BCUT2D eigenvalue weighted by atomic mass is 10.3. The molecule has 0 atom stereocenters. The van der Waals surface area contributed by atoms with E-state index in [-0.39, 0.29) is 0 Å². The fourth-order valence-electron chi connectivity index (χ4n) is 1.53. The van der Waals surface area contributed by atoms with E-state index in [1.165, 1.54) is 11.8 Å². The molecule has 0 saturated carbocycles. The molecule has 5 nitrogen and oxygen atoms in total. The molecule has 2 heterocycles. The number of pyridine rings is 1. The van der Waals surface area contributed by atoms with Gasteiger partial charge in [-0.05, 0) is 18.4 Å². The standard InChI is InChI=1S/C12H15N5S/c1-17(8-9-5-3-4-6-14-9)11-7-10(13)15-12(16-11)18-2/h3-7H,8H2,1-2H3,(H2,13,15,16). The van der Waals surface area contributed by atoms with Crippen molar-refractivity contribution < 1.29 is 0 Å². The van der Waals surface area contributed by atoms with E-state index in [1.807, 2.05) is 36.4 Å². The van der Waals surface area contributed by atoms with Gasteiger partial charge in [-0.15, -0.1) is 0 Å².